The molecule has 0 saturated carbocycles. The van der Waals surface area contributed by atoms with E-state index in [1.807, 2.05) is 6.92 Å². The van der Waals surface area contributed by atoms with Crippen molar-refractivity contribution in [3.63, 3.8) is 0 Å². The smallest absolute Gasteiger partial charge is 0.358 e. The largest absolute Gasteiger partial charge is 0.481 e. The molecular weight excluding hydrogens is 349 g/mol. The van der Waals surface area contributed by atoms with Crippen LogP contribution in [-0.2, 0) is 4.74 Å². The van der Waals surface area contributed by atoms with Gasteiger partial charge in [0.1, 0.15) is 5.83 Å². The second-order valence-corrected chi connectivity index (χ2v) is 6.12. The number of pyridine rings is 1. The number of esters is 1. The van der Waals surface area contributed by atoms with Gasteiger partial charge in [0.2, 0.25) is 5.88 Å². The molecule has 0 saturated heterocycles. The summed E-state index contributed by atoms with van der Waals surface area (Å²) in [5.41, 5.74) is 2.42. The average molecular weight is 371 g/mol. The van der Waals surface area contributed by atoms with Crippen LogP contribution in [0.3, 0.4) is 0 Å². The van der Waals surface area contributed by atoms with E-state index < -0.39 is 5.97 Å². The molecule has 1 aliphatic carbocycles. The van der Waals surface area contributed by atoms with Crippen molar-refractivity contribution in [1.82, 2.24) is 14.8 Å². The quantitative estimate of drug-likeness (QED) is 0.714. The Balaban J connectivity index is 2.03. The van der Waals surface area contributed by atoms with Crippen LogP contribution in [0.15, 0.2) is 47.9 Å². The van der Waals surface area contributed by atoms with Crippen molar-refractivity contribution in [3.8, 4) is 11.6 Å². The van der Waals surface area contributed by atoms with Crippen LogP contribution in [0, 0.1) is 0 Å². The summed E-state index contributed by atoms with van der Waals surface area (Å²) in [6.45, 7) is 3.94. The lowest BCUT2D eigenvalue weighted by molar-refractivity contribution is 0.0519. The third-order valence-electron chi connectivity index (χ3n) is 4.48. The molecule has 0 bridgehead atoms. The topological polar surface area (TPSA) is 66.2 Å². The lowest BCUT2D eigenvalue weighted by Crippen LogP contribution is -2.10. The summed E-state index contributed by atoms with van der Waals surface area (Å²) >= 11 is 0. The first kappa shape index (κ1) is 18.8. The maximum Gasteiger partial charge on any atom is 0.358 e. The van der Waals surface area contributed by atoms with E-state index in [1.165, 1.54) is 6.08 Å². The molecule has 0 amide bonds. The Morgan fingerprint density at radius 1 is 1.37 bits per heavy atom. The van der Waals surface area contributed by atoms with Gasteiger partial charge in [-0.25, -0.2) is 18.9 Å². The second-order valence-electron chi connectivity index (χ2n) is 6.12. The lowest BCUT2D eigenvalue weighted by atomic mass is 9.89. The molecule has 1 unspecified atom stereocenters. The van der Waals surface area contributed by atoms with Crippen LogP contribution in [0.2, 0.25) is 0 Å². The number of allylic oxidation sites excluding steroid dienone is 4. The van der Waals surface area contributed by atoms with Gasteiger partial charge in [0.15, 0.2) is 5.69 Å². The average Bonchev–Trinajstić information content (AvgIpc) is 3.14. The SMILES string of the molecule is CCOC(=O)c1cc(C2C=CC(F)=C(CC)C2)n(-c2ccc(OC)nc2)n1. The van der Waals surface area contributed by atoms with Crippen LogP contribution >= 0.6 is 0 Å². The molecule has 7 heteroatoms. The fourth-order valence-electron chi connectivity index (χ4n) is 3.06. The van der Waals surface area contributed by atoms with Gasteiger partial charge in [-0.1, -0.05) is 13.0 Å². The summed E-state index contributed by atoms with van der Waals surface area (Å²) in [7, 11) is 1.54. The van der Waals surface area contributed by atoms with E-state index in [-0.39, 0.29) is 24.0 Å². The monoisotopic (exact) mass is 371 g/mol. The zero-order valence-electron chi connectivity index (χ0n) is 15.6. The maximum absolute atomic E-state index is 14.0. The van der Waals surface area contributed by atoms with Gasteiger partial charge in [-0.15, -0.1) is 0 Å². The Labute approximate surface area is 157 Å². The fourth-order valence-corrected chi connectivity index (χ4v) is 3.06. The summed E-state index contributed by atoms with van der Waals surface area (Å²) in [5.74, 6) is -0.293. The first-order valence-corrected chi connectivity index (χ1v) is 8.90. The molecule has 1 atom stereocenters. The minimum atomic E-state index is -0.490. The molecule has 2 aromatic rings. The molecule has 2 heterocycles. The fraction of sp³-hybridized carbons (Fsp3) is 0.350. The van der Waals surface area contributed by atoms with E-state index >= 15 is 0 Å². The van der Waals surface area contributed by atoms with Crippen molar-refractivity contribution >= 4 is 5.97 Å². The standard InChI is InChI=1S/C20H22FN3O3/c1-4-13-10-14(6-8-16(13)21)18-11-17(20(25)27-5-2)23-24(18)15-7-9-19(26-3)22-12-15/h6-9,11-12,14H,4-5,10H2,1-3H3. The van der Waals surface area contributed by atoms with Gasteiger partial charge < -0.3 is 9.47 Å². The third-order valence-corrected chi connectivity index (χ3v) is 4.48. The highest BCUT2D eigenvalue weighted by Crippen LogP contribution is 2.34. The minimum absolute atomic E-state index is 0.0998. The number of ether oxygens (including phenoxy) is 2. The zero-order valence-corrected chi connectivity index (χ0v) is 15.6. The van der Waals surface area contributed by atoms with Crippen molar-refractivity contribution in [1.29, 1.82) is 0 Å². The Kier molecular flexibility index (Phi) is 5.69. The van der Waals surface area contributed by atoms with E-state index in [9.17, 15) is 9.18 Å². The van der Waals surface area contributed by atoms with E-state index in [1.54, 1.807) is 49.2 Å². The van der Waals surface area contributed by atoms with E-state index in [0.717, 1.165) is 11.3 Å². The van der Waals surface area contributed by atoms with Crippen molar-refractivity contribution in [2.45, 2.75) is 32.6 Å². The summed E-state index contributed by atoms with van der Waals surface area (Å²) in [6.07, 6.45) is 6.08. The maximum atomic E-state index is 14.0. The summed E-state index contributed by atoms with van der Waals surface area (Å²) in [4.78, 5) is 16.4. The Hall–Kier alpha value is -2.96. The summed E-state index contributed by atoms with van der Waals surface area (Å²) < 4.78 is 25.8. The van der Waals surface area contributed by atoms with Crippen molar-refractivity contribution in [3.05, 3.63) is 59.3 Å². The number of hydrogen-bond donors (Lipinski definition) is 0. The predicted molar refractivity (Wildman–Crippen MR) is 98.8 cm³/mol. The molecule has 6 nitrogen and oxygen atoms in total. The van der Waals surface area contributed by atoms with Gasteiger partial charge in [-0.2, -0.15) is 5.10 Å². The summed E-state index contributed by atoms with van der Waals surface area (Å²) in [6, 6.07) is 5.23. The lowest BCUT2D eigenvalue weighted by Gasteiger charge is -2.20. The Morgan fingerprint density at radius 3 is 2.81 bits per heavy atom. The molecule has 0 aromatic carbocycles. The number of carbonyl (C=O) groups is 1. The Morgan fingerprint density at radius 2 is 2.19 bits per heavy atom. The molecule has 0 radical (unpaired) electrons. The van der Waals surface area contributed by atoms with E-state index in [4.69, 9.17) is 9.47 Å². The van der Waals surface area contributed by atoms with Crippen LogP contribution in [0.5, 0.6) is 5.88 Å². The third kappa shape index (κ3) is 3.92. The second kappa shape index (κ2) is 8.16. The molecule has 0 spiro atoms. The van der Waals surface area contributed by atoms with E-state index in [2.05, 4.69) is 10.1 Å². The molecule has 0 N–H and O–H groups in total. The normalized spacial score (nSPS) is 16.5. The Bertz CT molecular complexity index is 884. The highest BCUT2D eigenvalue weighted by Gasteiger charge is 2.24. The molecule has 2 aromatic heterocycles. The van der Waals surface area contributed by atoms with Crippen LogP contribution in [0.1, 0.15) is 48.8 Å². The molecule has 0 fully saturated rings. The minimum Gasteiger partial charge on any atom is -0.481 e. The summed E-state index contributed by atoms with van der Waals surface area (Å²) in [5, 5.41) is 4.42. The van der Waals surface area contributed by atoms with Gasteiger partial charge in [0, 0.05) is 12.0 Å². The number of aromatic nitrogens is 3. The van der Waals surface area contributed by atoms with Crippen LogP contribution < -0.4 is 4.74 Å². The molecule has 3 rings (SSSR count). The van der Waals surface area contributed by atoms with Crippen molar-refractivity contribution in [2.24, 2.45) is 0 Å². The number of nitrogens with zero attached hydrogens (tertiary/aromatic N) is 3. The molecule has 0 aliphatic heterocycles. The predicted octanol–water partition coefficient (Wildman–Crippen LogP) is 4.13. The van der Waals surface area contributed by atoms with Gasteiger partial charge in [0.05, 0.1) is 31.3 Å². The first-order chi connectivity index (χ1) is 13.1. The highest BCUT2D eigenvalue weighted by molar-refractivity contribution is 5.87. The van der Waals surface area contributed by atoms with Gasteiger partial charge in [0.25, 0.3) is 0 Å². The zero-order chi connectivity index (χ0) is 19.4. The molecule has 27 heavy (non-hydrogen) atoms. The number of hydrogen-bond acceptors (Lipinski definition) is 5. The molecular formula is C20H22FN3O3. The number of carbonyl (C=O) groups excluding carboxylic acids is 1. The number of rotatable bonds is 6. The van der Waals surface area contributed by atoms with Crippen LogP contribution in [-0.4, -0.2) is 34.5 Å². The van der Waals surface area contributed by atoms with Crippen molar-refractivity contribution in [2.75, 3.05) is 13.7 Å². The van der Waals surface area contributed by atoms with Crippen LogP contribution in [0.4, 0.5) is 4.39 Å². The highest BCUT2D eigenvalue weighted by atomic mass is 19.1. The first-order valence-electron chi connectivity index (χ1n) is 8.90. The van der Waals surface area contributed by atoms with Gasteiger partial charge in [-0.3, -0.25) is 0 Å². The number of methoxy groups -OCH3 is 1. The number of halogens is 1. The van der Waals surface area contributed by atoms with Gasteiger partial charge in [-0.05, 0) is 43.5 Å². The molecule has 142 valence electrons. The molecule has 1 aliphatic rings. The van der Waals surface area contributed by atoms with Gasteiger partial charge >= 0.3 is 5.97 Å². The van der Waals surface area contributed by atoms with Crippen molar-refractivity contribution < 1.29 is 18.7 Å². The van der Waals surface area contributed by atoms with Crippen LogP contribution in [0.25, 0.3) is 5.69 Å². The van der Waals surface area contributed by atoms with E-state index in [0.29, 0.717) is 24.4 Å².